The van der Waals surface area contributed by atoms with Gasteiger partial charge in [-0.3, -0.25) is 0 Å². The van der Waals surface area contributed by atoms with Gasteiger partial charge in [-0.15, -0.1) is 10.2 Å². The molecule has 0 saturated carbocycles. The van der Waals surface area contributed by atoms with Crippen LogP contribution in [0.15, 0.2) is 10.5 Å². The highest BCUT2D eigenvalue weighted by atomic mass is 19.4. The molecule has 0 saturated heterocycles. The predicted molar refractivity (Wildman–Crippen MR) is 91.5 cm³/mol. The van der Waals surface area contributed by atoms with Gasteiger partial charge in [-0.2, -0.15) is 26.3 Å². The minimum absolute atomic E-state index is 0.000789. The Balaban J connectivity index is 2.19. The lowest BCUT2D eigenvalue weighted by Gasteiger charge is -2.27. The molecule has 0 fully saturated rings. The number of anilines is 1. The van der Waals surface area contributed by atoms with E-state index in [2.05, 4.69) is 15.2 Å². The zero-order valence-corrected chi connectivity index (χ0v) is 16.0. The van der Waals surface area contributed by atoms with E-state index < -0.39 is 71.2 Å². The highest BCUT2D eigenvalue weighted by molar-refractivity contribution is 5.68. The van der Waals surface area contributed by atoms with Gasteiger partial charge in [0.15, 0.2) is 5.69 Å². The Bertz CT molecular complexity index is 948. The van der Waals surface area contributed by atoms with Gasteiger partial charge in [-0.05, 0) is 32.3 Å². The minimum atomic E-state index is -5.19. The Morgan fingerprint density at radius 3 is 2.45 bits per heavy atom. The molecule has 2 aromatic heterocycles. The van der Waals surface area contributed by atoms with Crippen LogP contribution in [0.25, 0.3) is 11.6 Å². The molecule has 0 amide bonds. The molecule has 2 aromatic rings. The fraction of sp³-hybridized carbons (Fsp3) is 0.588. The number of aliphatic hydroxyl groups is 2. The van der Waals surface area contributed by atoms with Crippen molar-refractivity contribution in [3.05, 3.63) is 17.5 Å². The lowest BCUT2D eigenvalue weighted by atomic mass is 9.94. The van der Waals surface area contributed by atoms with E-state index >= 15 is 0 Å². The first-order chi connectivity index (χ1) is 14.2. The smallest absolute Gasteiger partial charge is 0.426 e. The van der Waals surface area contributed by atoms with Crippen LogP contribution in [-0.2, 0) is 11.8 Å². The zero-order chi connectivity index (χ0) is 23.2. The number of aliphatic hydroxyl groups excluding tert-OH is 1. The maximum Gasteiger partial charge on any atom is 0.426 e. The molecule has 2 unspecified atom stereocenters. The molecular weight excluding hydrogens is 438 g/mol. The summed E-state index contributed by atoms with van der Waals surface area (Å²) in [7, 11) is 0. The highest BCUT2D eigenvalue weighted by Crippen LogP contribution is 2.44. The molecule has 1 aliphatic rings. The summed E-state index contributed by atoms with van der Waals surface area (Å²) in [4.78, 5) is 3.63. The first kappa shape index (κ1) is 23.1. The molecule has 8 nitrogen and oxygen atoms in total. The van der Waals surface area contributed by atoms with Crippen LogP contribution in [0.4, 0.5) is 32.0 Å². The lowest BCUT2D eigenvalue weighted by molar-refractivity contribution is -0.277. The van der Waals surface area contributed by atoms with E-state index in [0.29, 0.717) is 6.07 Å². The number of nitrogens with zero attached hydrogens (tertiary/aromatic N) is 3. The summed E-state index contributed by atoms with van der Waals surface area (Å²) >= 11 is 0. The van der Waals surface area contributed by atoms with Gasteiger partial charge < -0.3 is 25.1 Å². The zero-order valence-electron chi connectivity index (χ0n) is 16.0. The molecule has 4 bridgehead atoms. The van der Waals surface area contributed by atoms with Crippen LogP contribution in [0, 0.1) is 0 Å². The molecule has 4 N–H and O–H groups in total. The van der Waals surface area contributed by atoms with Crippen molar-refractivity contribution in [1.29, 1.82) is 0 Å². The fourth-order valence-electron chi connectivity index (χ4n) is 3.06. The summed E-state index contributed by atoms with van der Waals surface area (Å²) in [5.74, 6) is -2.91. The van der Waals surface area contributed by atoms with Crippen LogP contribution < -0.4 is 10.5 Å². The third-order valence-electron chi connectivity index (χ3n) is 4.90. The Kier molecular flexibility index (Phi) is 5.82. The van der Waals surface area contributed by atoms with E-state index in [1.54, 1.807) is 0 Å². The number of rotatable bonds is 0. The second kappa shape index (κ2) is 7.82. The van der Waals surface area contributed by atoms with Gasteiger partial charge in [0.2, 0.25) is 11.5 Å². The van der Waals surface area contributed by atoms with E-state index in [1.807, 2.05) is 0 Å². The number of hydrogen-bond acceptors (Lipinski definition) is 8. The monoisotopic (exact) mass is 456 g/mol. The number of ether oxygens (including phenoxy) is 1. The molecule has 0 aromatic carbocycles. The van der Waals surface area contributed by atoms with Gasteiger partial charge in [0.1, 0.15) is 11.7 Å². The van der Waals surface area contributed by atoms with Crippen molar-refractivity contribution >= 4 is 5.69 Å². The highest BCUT2D eigenvalue weighted by Gasteiger charge is 2.58. The van der Waals surface area contributed by atoms with Gasteiger partial charge in [0, 0.05) is 0 Å². The lowest BCUT2D eigenvalue weighted by Crippen LogP contribution is -2.42. The third kappa shape index (κ3) is 4.39. The molecule has 172 valence electrons. The Hall–Kier alpha value is -2.61. The van der Waals surface area contributed by atoms with Crippen LogP contribution in [0.5, 0.6) is 5.88 Å². The first-order valence-corrected chi connectivity index (χ1v) is 9.10. The van der Waals surface area contributed by atoms with Crippen LogP contribution in [0.3, 0.4) is 0 Å². The summed E-state index contributed by atoms with van der Waals surface area (Å²) in [5, 5.41) is 27.0. The maximum absolute atomic E-state index is 13.6. The van der Waals surface area contributed by atoms with Crippen molar-refractivity contribution in [2.75, 3.05) is 5.73 Å². The molecule has 14 heteroatoms. The van der Waals surface area contributed by atoms with E-state index in [4.69, 9.17) is 14.9 Å². The van der Waals surface area contributed by atoms with Crippen molar-refractivity contribution < 1.29 is 45.7 Å². The molecular formula is C17H18F6N4O4. The van der Waals surface area contributed by atoms with Crippen molar-refractivity contribution in [2.24, 2.45) is 0 Å². The van der Waals surface area contributed by atoms with Gasteiger partial charge in [-0.1, -0.05) is 6.42 Å². The second-order valence-electron chi connectivity index (χ2n) is 7.18. The van der Waals surface area contributed by atoms with Crippen molar-refractivity contribution in [3.8, 4) is 17.5 Å². The van der Waals surface area contributed by atoms with E-state index in [0.717, 1.165) is 0 Å². The molecule has 3 atom stereocenters. The number of fused-ring (bicyclic) bond motifs is 5. The third-order valence-corrected chi connectivity index (χ3v) is 4.90. The van der Waals surface area contributed by atoms with Crippen LogP contribution in [0.2, 0.25) is 0 Å². The predicted octanol–water partition coefficient (Wildman–Crippen LogP) is 3.18. The van der Waals surface area contributed by atoms with Crippen molar-refractivity contribution in [3.63, 3.8) is 0 Å². The van der Waals surface area contributed by atoms with Crippen LogP contribution >= 0.6 is 0 Å². The first-order valence-electron chi connectivity index (χ1n) is 9.10. The van der Waals surface area contributed by atoms with Crippen molar-refractivity contribution in [2.45, 2.75) is 62.8 Å². The minimum Gasteiger partial charge on any atom is -0.471 e. The number of halogens is 6. The quantitative estimate of drug-likeness (QED) is 0.516. The molecule has 0 spiro atoms. The number of nitrogen functional groups attached to an aromatic ring is 1. The summed E-state index contributed by atoms with van der Waals surface area (Å²) in [6.45, 7) is 1.28. The van der Waals surface area contributed by atoms with Gasteiger partial charge in [0.05, 0.1) is 11.8 Å². The normalized spacial score (nSPS) is 25.6. The van der Waals surface area contributed by atoms with Gasteiger partial charge in [-0.25, -0.2) is 4.98 Å². The van der Waals surface area contributed by atoms with Crippen LogP contribution in [0.1, 0.15) is 44.1 Å². The SMILES string of the molecule is C[C@H]1Oc2nc(c(N)cc2C(F)(F)F)-c2nnc(o2)C(O)(C(F)(F)F)CCCCC1O. The van der Waals surface area contributed by atoms with E-state index in [-0.39, 0.29) is 19.3 Å². The van der Waals surface area contributed by atoms with Gasteiger partial charge in [0.25, 0.3) is 11.8 Å². The summed E-state index contributed by atoms with van der Waals surface area (Å²) in [6.07, 6.45) is -13.8. The average molecular weight is 456 g/mol. The number of hydrogen-bond donors (Lipinski definition) is 3. The Labute approximate surface area is 171 Å². The number of alkyl halides is 6. The van der Waals surface area contributed by atoms with Gasteiger partial charge >= 0.3 is 12.4 Å². The summed E-state index contributed by atoms with van der Waals surface area (Å²) in [6, 6.07) is 0.461. The standard InChI is InChI=1S/C17H18F6N4O4/c1-7-10(28)4-2-3-5-15(29,17(21,22)23)14-27-26-13(31-14)11-9(24)6-8(16(18,19)20)12(25-11)30-7/h6-7,10,28-29H,2-5,24H2,1H3/t7-,10?,15?/m1/s1. The maximum atomic E-state index is 13.6. The Morgan fingerprint density at radius 2 is 1.84 bits per heavy atom. The van der Waals surface area contributed by atoms with Crippen LogP contribution in [-0.4, -0.2) is 43.8 Å². The summed E-state index contributed by atoms with van der Waals surface area (Å²) < 4.78 is 91.1. The fourth-order valence-corrected chi connectivity index (χ4v) is 3.06. The molecule has 1 aliphatic heterocycles. The second-order valence-corrected chi connectivity index (χ2v) is 7.18. The number of pyridine rings is 1. The average Bonchev–Trinajstić information content (AvgIpc) is 3.13. The van der Waals surface area contributed by atoms with E-state index in [1.165, 1.54) is 6.92 Å². The Morgan fingerprint density at radius 1 is 1.16 bits per heavy atom. The number of aromatic nitrogens is 3. The molecule has 0 aliphatic carbocycles. The molecule has 0 radical (unpaired) electrons. The van der Waals surface area contributed by atoms with Crippen molar-refractivity contribution in [1.82, 2.24) is 15.2 Å². The topological polar surface area (TPSA) is 128 Å². The molecule has 3 rings (SSSR count). The number of nitrogens with two attached hydrogens (primary N) is 1. The molecule has 31 heavy (non-hydrogen) atoms. The largest absolute Gasteiger partial charge is 0.471 e. The molecule has 3 heterocycles. The summed E-state index contributed by atoms with van der Waals surface area (Å²) in [5.41, 5.74) is -0.437. The van der Waals surface area contributed by atoms with E-state index in [9.17, 15) is 36.6 Å².